The number of ether oxygens (including phenoxy) is 1. The number of aromatic amines is 1. The normalized spacial score (nSPS) is 17.4. The second kappa shape index (κ2) is 6.40. The molecule has 4 rings (SSSR count). The van der Waals surface area contributed by atoms with Gasteiger partial charge in [0, 0.05) is 37.6 Å². The van der Waals surface area contributed by atoms with Crippen molar-refractivity contribution in [3.63, 3.8) is 0 Å². The largest absolute Gasteiger partial charge is 0.384 e. The van der Waals surface area contributed by atoms with E-state index in [1.165, 1.54) is 6.07 Å². The maximum atomic E-state index is 11.2. The highest BCUT2D eigenvalue weighted by atomic mass is 16.5. The molecule has 24 heavy (non-hydrogen) atoms. The summed E-state index contributed by atoms with van der Waals surface area (Å²) in [6, 6.07) is 5.26. The number of hydrogen-bond acceptors (Lipinski definition) is 6. The van der Waals surface area contributed by atoms with E-state index >= 15 is 0 Å². The Hall–Kier alpha value is -2.74. The smallest absolute Gasteiger partial charge is 0.280 e. The minimum Gasteiger partial charge on any atom is -0.384 e. The van der Waals surface area contributed by atoms with Crippen LogP contribution in [0.1, 0.15) is 29.7 Å². The second-order valence-corrected chi connectivity index (χ2v) is 5.75. The number of rotatable bonds is 5. The summed E-state index contributed by atoms with van der Waals surface area (Å²) in [5.41, 5.74) is 0.628. The van der Waals surface area contributed by atoms with Gasteiger partial charge in [-0.3, -0.25) is 9.78 Å². The van der Waals surface area contributed by atoms with Gasteiger partial charge in [0.05, 0.1) is 18.5 Å². The fraction of sp³-hybridized carbons (Fsp3) is 0.375. The maximum absolute atomic E-state index is 11.2. The molecule has 8 nitrogen and oxygen atoms in total. The molecule has 3 aromatic heterocycles. The van der Waals surface area contributed by atoms with Gasteiger partial charge in [0.25, 0.3) is 5.56 Å². The van der Waals surface area contributed by atoms with Crippen molar-refractivity contribution >= 4 is 0 Å². The Balaban J connectivity index is 1.63. The van der Waals surface area contributed by atoms with Crippen LogP contribution in [-0.2, 0) is 17.6 Å². The highest BCUT2D eigenvalue weighted by Crippen LogP contribution is 2.24. The van der Waals surface area contributed by atoms with Gasteiger partial charge in [0.1, 0.15) is 11.6 Å². The lowest BCUT2D eigenvalue weighted by molar-refractivity contribution is 0.193. The molecule has 0 amide bonds. The van der Waals surface area contributed by atoms with E-state index in [4.69, 9.17) is 14.2 Å². The number of hydrogen-bond donors (Lipinski definition) is 1. The van der Waals surface area contributed by atoms with Crippen molar-refractivity contribution < 1.29 is 9.26 Å². The van der Waals surface area contributed by atoms with Crippen molar-refractivity contribution in [1.29, 1.82) is 0 Å². The van der Waals surface area contributed by atoms with Crippen molar-refractivity contribution in [3.8, 4) is 5.69 Å². The summed E-state index contributed by atoms with van der Waals surface area (Å²) in [7, 11) is 0. The molecule has 0 aromatic carbocycles. The predicted octanol–water partition coefficient (Wildman–Crippen LogP) is 1.23. The molecule has 1 atom stereocenters. The summed E-state index contributed by atoms with van der Waals surface area (Å²) < 4.78 is 12.4. The van der Waals surface area contributed by atoms with Crippen LogP contribution in [0.2, 0.25) is 0 Å². The van der Waals surface area contributed by atoms with Crippen LogP contribution in [0, 0.1) is 0 Å². The molecule has 1 aliphatic heterocycles. The molecule has 0 aliphatic carbocycles. The van der Waals surface area contributed by atoms with E-state index in [0.29, 0.717) is 25.2 Å². The van der Waals surface area contributed by atoms with E-state index in [1.54, 1.807) is 12.4 Å². The van der Waals surface area contributed by atoms with E-state index in [0.717, 1.165) is 30.4 Å². The van der Waals surface area contributed by atoms with Crippen molar-refractivity contribution in [1.82, 2.24) is 24.9 Å². The standard InChI is InChI=1S/C16H17N5O3/c22-15-8-13(24-20-15)3-4-14-18-16(11-5-7-23-10-11)19-21(14)12-2-1-6-17-9-12/h1-2,6,8-9,11H,3-5,7,10H2,(H,20,22)/t11-/m0/s1. The third-order valence-electron chi connectivity index (χ3n) is 4.05. The fourth-order valence-electron chi connectivity index (χ4n) is 2.80. The minimum absolute atomic E-state index is 0.229. The molecular formula is C16H17N5O3. The van der Waals surface area contributed by atoms with Gasteiger partial charge in [-0.1, -0.05) is 0 Å². The van der Waals surface area contributed by atoms with Crippen molar-refractivity contribution in [2.45, 2.75) is 25.2 Å². The van der Waals surface area contributed by atoms with Gasteiger partial charge in [-0.15, -0.1) is 0 Å². The van der Waals surface area contributed by atoms with Gasteiger partial charge >= 0.3 is 0 Å². The lowest BCUT2D eigenvalue weighted by Gasteiger charge is -2.04. The van der Waals surface area contributed by atoms with Crippen molar-refractivity contribution in [2.75, 3.05) is 13.2 Å². The molecule has 0 unspecified atom stereocenters. The average molecular weight is 327 g/mol. The predicted molar refractivity (Wildman–Crippen MR) is 84.1 cm³/mol. The first kappa shape index (κ1) is 14.8. The van der Waals surface area contributed by atoms with Gasteiger partial charge in [-0.2, -0.15) is 10.3 Å². The number of nitrogens with zero attached hydrogens (tertiary/aromatic N) is 4. The Kier molecular flexibility index (Phi) is 3.96. The number of nitrogens with one attached hydrogen (secondary N) is 1. The first-order valence-corrected chi connectivity index (χ1v) is 7.91. The minimum atomic E-state index is -0.234. The van der Waals surface area contributed by atoms with Crippen LogP contribution in [0.25, 0.3) is 5.69 Å². The van der Waals surface area contributed by atoms with Gasteiger partial charge in [0.2, 0.25) is 0 Å². The highest BCUT2D eigenvalue weighted by Gasteiger charge is 2.24. The quantitative estimate of drug-likeness (QED) is 0.757. The summed E-state index contributed by atoms with van der Waals surface area (Å²) in [6.45, 7) is 1.40. The first-order valence-electron chi connectivity index (χ1n) is 7.91. The topological polar surface area (TPSA) is 98.8 Å². The third kappa shape index (κ3) is 3.00. The highest BCUT2D eigenvalue weighted by molar-refractivity contribution is 5.28. The molecule has 4 heterocycles. The maximum Gasteiger partial charge on any atom is 0.280 e. The van der Waals surface area contributed by atoms with Gasteiger partial charge in [0.15, 0.2) is 5.82 Å². The van der Waals surface area contributed by atoms with Crippen LogP contribution in [0.4, 0.5) is 0 Å². The molecular weight excluding hydrogens is 310 g/mol. The summed E-state index contributed by atoms with van der Waals surface area (Å²) in [5, 5.41) is 6.97. The Labute approximate surface area is 137 Å². The number of pyridine rings is 1. The van der Waals surface area contributed by atoms with E-state index < -0.39 is 0 Å². The van der Waals surface area contributed by atoms with Crippen molar-refractivity contribution in [3.05, 3.63) is 58.4 Å². The second-order valence-electron chi connectivity index (χ2n) is 5.75. The van der Waals surface area contributed by atoms with Gasteiger partial charge in [-0.25, -0.2) is 9.67 Å². The number of aromatic nitrogens is 5. The van der Waals surface area contributed by atoms with E-state index in [1.807, 2.05) is 16.8 Å². The van der Waals surface area contributed by atoms with Crippen LogP contribution < -0.4 is 5.56 Å². The molecule has 124 valence electrons. The zero-order valence-corrected chi connectivity index (χ0v) is 13.0. The molecule has 0 spiro atoms. The zero-order chi connectivity index (χ0) is 16.4. The lowest BCUT2D eigenvalue weighted by Crippen LogP contribution is -2.05. The number of aryl methyl sites for hydroxylation is 2. The summed E-state index contributed by atoms with van der Waals surface area (Å²) in [4.78, 5) is 20.0. The summed E-state index contributed by atoms with van der Waals surface area (Å²) in [6.07, 6.45) is 5.58. The molecule has 0 bridgehead atoms. The van der Waals surface area contributed by atoms with Crippen LogP contribution in [0.3, 0.4) is 0 Å². The van der Waals surface area contributed by atoms with Crippen molar-refractivity contribution in [2.24, 2.45) is 0 Å². The van der Waals surface area contributed by atoms with Crippen LogP contribution in [0.5, 0.6) is 0 Å². The van der Waals surface area contributed by atoms with Gasteiger partial charge < -0.3 is 9.26 Å². The summed E-state index contributed by atoms with van der Waals surface area (Å²) in [5.74, 6) is 2.44. The zero-order valence-electron chi connectivity index (χ0n) is 13.0. The molecule has 0 radical (unpaired) electrons. The molecule has 1 N–H and O–H groups in total. The Bertz CT molecular complexity index is 861. The molecule has 1 saturated heterocycles. The lowest BCUT2D eigenvalue weighted by atomic mass is 10.1. The molecule has 3 aromatic rings. The Morgan fingerprint density at radius 3 is 3.04 bits per heavy atom. The molecule has 8 heteroatoms. The first-order chi connectivity index (χ1) is 11.8. The molecule has 0 saturated carbocycles. The fourth-order valence-corrected chi connectivity index (χ4v) is 2.80. The monoisotopic (exact) mass is 327 g/mol. The van der Waals surface area contributed by atoms with E-state index in [-0.39, 0.29) is 11.5 Å². The molecule has 1 fully saturated rings. The SMILES string of the molecule is O=c1cc(CCc2nc([C@H]3CCOC3)nn2-c2cccnc2)o[nH]1. The Morgan fingerprint density at radius 2 is 2.33 bits per heavy atom. The van der Waals surface area contributed by atoms with Crippen LogP contribution in [-0.4, -0.2) is 38.1 Å². The van der Waals surface area contributed by atoms with Crippen LogP contribution in [0.15, 0.2) is 39.9 Å². The number of H-pyrrole nitrogens is 1. The molecule has 1 aliphatic rings. The van der Waals surface area contributed by atoms with Crippen LogP contribution >= 0.6 is 0 Å². The van der Waals surface area contributed by atoms with E-state index in [2.05, 4.69) is 15.2 Å². The van der Waals surface area contributed by atoms with E-state index in [9.17, 15) is 4.79 Å². The average Bonchev–Trinajstić information content (AvgIpc) is 3.34. The Morgan fingerprint density at radius 1 is 1.38 bits per heavy atom. The summed E-state index contributed by atoms with van der Waals surface area (Å²) >= 11 is 0. The van der Waals surface area contributed by atoms with Gasteiger partial charge in [-0.05, 0) is 18.6 Å². The third-order valence-corrected chi connectivity index (χ3v) is 4.05.